The number of carbonyl (C=O) groups excluding carboxylic acids is 1. The van der Waals surface area contributed by atoms with Gasteiger partial charge in [0.05, 0.1) is 4.58 Å². The van der Waals surface area contributed by atoms with Gasteiger partial charge in [-0.05, 0) is 54.5 Å². The topological polar surface area (TPSA) is 32.8 Å². The van der Waals surface area contributed by atoms with Gasteiger partial charge in [-0.15, -0.1) is 23.5 Å². The fourth-order valence-corrected chi connectivity index (χ4v) is 6.19. The standard InChI is InChI=1S/C21H32N2O2S2/c1-17(2)8-9-22-10-12-23(13-11-22)20(24)16-25-19-6-4-18(5-7-19)21-26-14-3-15-27-21/h4-7,17,21H,3,8-16H2,1-2H3. The Labute approximate surface area is 172 Å². The van der Waals surface area contributed by atoms with E-state index in [-0.39, 0.29) is 12.5 Å². The van der Waals surface area contributed by atoms with E-state index in [1.165, 1.54) is 29.9 Å². The van der Waals surface area contributed by atoms with Gasteiger partial charge in [-0.3, -0.25) is 9.69 Å². The van der Waals surface area contributed by atoms with Crippen molar-refractivity contribution in [3.8, 4) is 5.75 Å². The zero-order valence-electron chi connectivity index (χ0n) is 16.6. The van der Waals surface area contributed by atoms with Crippen LogP contribution in [0.5, 0.6) is 5.75 Å². The lowest BCUT2D eigenvalue weighted by atomic mass is 10.1. The van der Waals surface area contributed by atoms with Crippen molar-refractivity contribution in [1.29, 1.82) is 0 Å². The molecule has 0 radical (unpaired) electrons. The third-order valence-electron chi connectivity index (χ3n) is 5.09. The summed E-state index contributed by atoms with van der Waals surface area (Å²) < 4.78 is 6.29. The van der Waals surface area contributed by atoms with Crippen molar-refractivity contribution in [2.45, 2.75) is 31.3 Å². The molecule has 1 amide bonds. The fraction of sp³-hybridized carbons (Fsp3) is 0.667. The summed E-state index contributed by atoms with van der Waals surface area (Å²) in [5, 5.41) is 0. The predicted octanol–water partition coefficient (Wildman–Crippen LogP) is 4.12. The largest absolute Gasteiger partial charge is 0.484 e. The van der Waals surface area contributed by atoms with Crippen LogP contribution in [0.25, 0.3) is 0 Å². The van der Waals surface area contributed by atoms with Crippen LogP contribution >= 0.6 is 23.5 Å². The first-order valence-corrected chi connectivity index (χ1v) is 12.2. The van der Waals surface area contributed by atoms with Crippen molar-refractivity contribution in [2.24, 2.45) is 5.92 Å². The quantitative estimate of drug-likeness (QED) is 0.678. The number of rotatable bonds is 7. The molecule has 0 bridgehead atoms. The van der Waals surface area contributed by atoms with E-state index in [0.717, 1.165) is 44.4 Å². The summed E-state index contributed by atoms with van der Waals surface area (Å²) in [7, 11) is 0. The monoisotopic (exact) mass is 408 g/mol. The van der Waals surface area contributed by atoms with Gasteiger partial charge in [0, 0.05) is 26.2 Å². The van der Waals surface area contributed by atoms with Crippen LogP contribution in [0.1, 0.15) is 36.8 Å². The highest BCUT2D eigenvalue weighted by Crippen LogP contribution is 2.43. The van der Waals surface area contributed by atoms with E-state index in [0.29, 0.717) is 4.58 Å². The molecule has 2 fully saturated rings. The number of benzene rings is 1. The van der Waals surface area contributed by atoms with Crippen molar-refractivity contribution in [1.82, 2.24) is 9.80 Å². The Morgan fingerprint density at radius 1 is 1.11 bits per heavy atom. The summed E-state index contributed by atoms with van der Waals surface area (Å²) in [5.41, 5.74) is 1.35. The van der Waals surface area contributed by atoms with Gasteiger partial charge in [-0.1, -0.05) is 26.0 Å². The van der Waals surface area contributed by atoms with Gasteiger partial charge in [-0.2, -0.15) is 0 Å². The molecule has 1 aromatic carbocycles. The van der Waals surface area contributed by atoms with Crippen LogP contribution in [0.2, 0.25) is 0 Å². The van der Waals surface area contributed by atoms with Crippen molar-refractivity contribution in [3.63, 3.8) is 0 Å². The second kappa shape index (κ2) is 10.6. The fourth-order valence-electron chi connectivity index (χ4n) is 3.30. The summed E-state index contributed by atoms with van der Waals surface area (Å²) in [6, 6.07) is 8.29. The number of nitrogens with zero attached hydrogens (tertiary/aromatic N) is 2. The Morgan fingerprint density at radius 2 is 1.78 bits per heavy atom. The van der Waals surface area contributed by atoms with Crippen LogP contribution in [0, 0.1) is 5.92 Å². The molecule has 0 aromatic heterocycles. The molecule has 150 valence electrons. The van der Waals surface area contributed by atoms with Crippen LogP contribution in [-0.2, 0) is 4.79 Å². The van der Waals surface area contributed by atoms with Gasteiger partial charge >= 0.3 is 0 Å². The first-order chi connectivity index (χ1) is 13.1. The van der Waals surface area contributed by atoms with Crippen LogP contribution in [0.4, 0.5) is 0 Å². The number of hydrogen-bond acceptors (Lipinski definition) is 5. The van der Waals surface area contributed by atoms with Crippen LogP contribution in [0.15, 0.2) is 24.3 Å². The summed E-state index contributed by atoms with van der Waals surface area (Å²) in [4.78, 5) is 16.8. The van der Waals surface area contributed by atoms with E-state index < -0.39 is 0 Å². The maximum Gasteiger partial charge on any atom is 0.260 e. The summed E-state index contributed by atoms with van der Waals surface area (Å²) >= 11 is 4.04. The third kappa shape index (κ3) is 6.61. The maximum atomic E-state index is 12.4. The SMILES string of the molecule is CC(C)CCN1CCN(C(=O)COc2ccc(C3SCCCS3)cc2)CC1. The number of hydrogen-bond donors (Lipinski definition) is 0. The van der Waals surface area contributed by atoms with Gasteiger partial charge in [0.15, 0.2) is 6.61 Å². The van der Waals surface area contributed by atoms with E-state index >= 15 is 0 Å². The minimum absolute atomic E-state index is 0.0981. The minimum atomic E-state index is 0.0981. The zero-order valence-corrected chi connectivity index (χ0v) is 18.2. The average Bonchev–Trinajstić information content (AvgIpc) is 2.72. The smallest absolute Gasteiger partial charge is 0.260 e. The van der Waals surface area contributed by atoms with Crippen molar-refractivity contribution in [3.05, 3.63) is 29.8 Å². The molecule has 2 aliphatic rings. The molecule has 0 spiro atoms. The number of thioether (sulfide) groups is 2. The first-order valence-electron chi connectivity index (χ1n) is 10.1. The van der Waals surface area contributed by atoms with Gasteiger partial charge in [0.25, 0.3) is 5.91 Å². The average molecular weight is 409 g/mol. The van der Waals surface area contributed by atoms with E-state index in [1.807, 2.05) is 40.6 Å². The summed E-state index contributed by atoms with van der Waals surface area (Å²) in [6.45, 7) is 9.38. The van der Waals surface area contributed by atoms with Gasteiger partial charge < -0.3 is 9.64 Å². The van der Waals surface area contributed by atoms with Crippen molar-refractivity contribution >= 4 is 29.4 Å². The molecular formula is C21H32N2O2S2. The number of carbonyl (C=O) groups is 1. The molecule has 0 aliphatic carbocycles. The van der Waals surface area contributed by atoms with E-state index in [4.69, 9.17) is 4.74 Å². The highest BCUT2D eigenvalue weighted by molar-refractivity contribution is 8.16. The van der Waals surface area contributed by atoms with Gasteiger partial charge in [-0.25, -0.2) is 0 Å². The molecule has 2 aliphatic heterocycles. The third-order valence-corrected chi connectivity index (χ3v) is 8.10. The molecule has 0 N–H and O–H groups in total. The lowest BCUT2D eigenvalue weighted by Crippen LogP contribution is -2.50. The van der Waals surface area contributed by atoms with E-state index in [2.05, 4.69) is 30.9 Å². The maximum absolute atomic E-state index is 12.4. The Hall–Kier alpha value is -0.850. The Morgan fingerprint density at radius 3 is 2.41 bits per heavy atom. The van der Waals surface area contributed by atoms with Gasteiger partial charge in [0.2, 0.25) is 0 Å². The van der Waals surface area contributed by atoms with Crippen LogP contribution < -0.4 is 4.74 Å². The van der Waals surface area contributed by atoms with Crippen molar-refractivity contribution in [2.75, 3.05) is 50.8 Å². The van der Waals surface area contributed by atoms with Crippen LogP contribution in [-0.4, -0.2) is 66.5 Å². The molecule has 6 heteroatoms. The number of amides is 1. The van der Waals surface area contributed by atoms with Crippen LogP contribution in [0.3, 0.4) is 0 Å². The molecule has 0 saturated carbocycles. The lowest BCUT2D eigenvalue weighted by Gasteiger charge is -2.35. The number of piperazine rings is 1. The molecule has 0 unspecified atom stereocenters. The Kier molecular flexibility index (Phi) is 8.22. The Bertz CT molecular complexity index is 580. The van der Waals surface area contributed by atoms with Crippen molar-refractivity contribution < 1.29 is 9.53 Å². The second-order valence-corrected chi connectivity index (χ2v) is 10.4. The highest BCUT2D eigenvalue weighted by Gasteiger charge is 2.21. The zero-order chi connectivity index (χ0) is 19.1. The normalized spacial score (nSPS) is 19.4. The lowest BCUT2D eigenvalue weighted by molar-refractivity contribution is -0.135. The molecule has 2 heterocycles. The minimum Gasteiger partial charge on any atom is -0.484 e. The molecule has 2 saturated heterocycles. The van der Waals surface area contributed by atoms with Gasteiger partial charge in [0.1, 0.15) is 5.75 Å². The first kappa shape index (κ1) is 20.9. The molecular weight excluding hydrogens is 376 g/mol. The number of ether oxygens (including phenoxy) is 1. The molecule has 0 atom stereocenters. The summed E-state index contributed by atoms with van der Waals surface area (Å²) in [6.07, 6.45) is 2.53. The summed E-state index contributed by atoms with van der Waals surface area (Å²) in [5.74, 6) is 4.11. The van der Waals surface area contributed by atoms with E-state index in [1.54, 1.807) is 0 Å². The molecule has 3 rings (SSSR count). The second-order valence-electron chi connectivity index (χ2n) is 7.69. The highest BCUT2D eigenvalue weighted by atomic mass is 32.2. The Balaban J connectivity index is 1.39. The molecule has 27 heavy (non-hydrogen) atoms. The molecule has 1 aromatic rings. The van der Waals surface area contributed by atoms with E-state index in [9.17, 15) is 4.79 Å². The molecule has 4 nitrogen and oxygen atoms in total. The predicted molar refractivity (Wildman–Crippen MR) is 117 cm³/mol.